The van der Waals surface area contributed by atoms with Gasteiger partial charge in [-0.3, -0.25) is 9.88 Å². The van der Waals surface area contributed by atoms with Gasteiger partial charge in [0.15, 0.2) is 9.84 Å². The van der Waals surface area contributed by atoms with Crippen LogP contribution in [0.2, 0.25) is 10.0 Å². The maximum Gasteiger partial charge on any atom is 0.178 e. The van der Waals surface area contributed by atoms with Crippen LogP contribution in [0.5, 0.6) is 0 Å². The summed E-state index contributed by atoms with van der Waals surface area (Å²) in [7, 11) is -3.85. The van der Waals surface area contributed by atoms with Crippen LogP contribution in [0.4, 0.5) is 21.5 Å². The smallest absolute Gasteiger partial charge is 0.178 e. The molecule has 1 saturated heterocycles. The van der Waals surface area contributed by atoms with E-state index in [0.29, 0.717) is 38.0 Å². The number of halogens is 3. The predicted octanol–water partition coefficient (Wildman–Crippen LogP) is 7.93. The first kappa shape index (κ1) is 34.6. The largest absolute Gasteiger partial charge is 0.371 e. The van der Waals surface area contributed by atoms with Gasteiger partial charge in [0.05, 0.1) is 40.7 Å². The third-order valence-corrected chi connectivity index (χ3v) is 10.4. The Morgan fingerprint density at radius 3 is 2.41 bits per heavy atom. The van der Waals surface area contributed by atoms with Crippen LogP contribution in [0.15, 0.2) is 71.9 Å². The number of piperidine rings is 1. The Hall–Kier alpha value is -4.28. The molecule has 3 aromatic carbocycles. The molecule has 0 aliphatic carbocycles. The minimum Gasteiger partial charge on any atom is -0.371 e. The van der Waals surface area contributed by atoms with Gasteiger partial charge in [-0.1, -0.05) is 40.5 Å². The molecule has 1 aliphatic rings. The molecule has 0 saturated carbocycles. The summed E-state index contributed by atoms with van der Waals surface area (Å²) in [6, 6.07) is 16.3. The van der Waals surface area contributed by atoms with Crippen LogP contribution < -0.4 is 10.6 Å². The summed E-state index contributed by atoms with van der Waals surface area (Å²) < 4.78 is 40.7. The van der Waals surface area contributed by atoms with Gasteiger partial charge >= 0.3 is 0 Å². The first-order chi connectivity index (χ1) is 23.2. The Kier molecular flexibility index (Phi) is 9.57. The molecular weight excluding hydrogens is 686 g/mol. The second-order valence-corrected chi connectivity index (χ2v) is 16.0. The van der Waals surface area contributed by atoms with Gasteiger partial charge in [0.25, 0.3) is 0 Å². The van der Waals surface area contributed by atoms with Crippen molar-refractivity contribution < 1.29 is 12.8 Å². The van der Waals surface area contributed by atoms with Gasteiger partial charge in [0, 0.05) is 52.2 Å². The van der Waals surface area contributed by atoms with Crippen LogP contribution in [0, 0.1) is 17.1 Å². The molecule has 0 radical (unpaired) electrons. The van der Waals surface area contributed by atoms with E-state index in [1.54, 1.807) is 24.3 Å². The number of pyridine rings is 1. The fourth-order valence-electron chi connectivity index (χ4n) is 6.15. The van der Waals surface area contributed by atoms with E-state index < -0.39 is 26.6 Å². The Morgan fingerprint density at radius 2 is 1.76 bits per heavy atom. The van der Waals surface area contributed by atoms with Gasteiger partial charge in [-0.25, -0.2) is 17.5 Å². The summed E-state index contributed by atoms with van der Waals surface area (Å²) in [5.41, 5.74) is 3.48. The molecule has 14 heteroatoms. The van der Waals surface area contributed by atoms with Crippen LogP contribution in [-0.2, 0) is 9.84 Å². The number of nitrogens with zero attached hydrogens (tertiary/aromatic N) is 6. The molecule has 3 heterocycles. The summed E-state index contributed by atoms with van der Waals surface area (Å²) in [6.07, 6.45) is 6.24. The van der Waals surface area contributed by atoms with Crippen LogP contribution in [-0.4, -0.2) is 58.2 Å². The lowest BCUT2D eigenvalue weighted by atomic mass is 9.98. The van der Waals surface area contributed by atoms with Crippen molar-refractivity contribution in [2.24, 2.45) is 0 Å². The minimum atomic E-state index is -3.85. The molecule has 2 aromatic heterocycles. The van der Waals surface area contributed by atoms with E-state index in [1.165, 1.54) is 18.3 Å². The van der Waals surface area contributed by atoms with Crippen LogP contribution in [0.3, 0.4) is 0 Å². The van der Waals surface area contributed by atoms with E-state index >= 15 is 0 Å². The lowest BCUT2D eigenvalue weighted by Gasteiger charge is -2.40. The highest BCUT2D eigenvalue weighted by Crippen LogP contribution is 2.38. The number of hydrogen-bond acceptors (Lipinski definition) is 9. The molecule has 2 N–H and O–H groups in total. The normalized spacial score (nSPS) is 15.2. The summed E-state index contributed by atoms with van der Waals surface area (Å²) in [5.74, 6) is -0.872. The van der Waals surface area contributed by atoms with Gasteiger partial charge in [-0.2, -0.15) is 5.26 Å². The molecule has 0 amide bonds. The number of benzene rings is 3. The van der Waals surface area contributed by atoms with Gasteiger partial charge < -0.3 is 10.6 Å². The average molecular weight is 722 g/mol. The molecule has 0 bridgehead atoms. The topological polar surface area (TPSA) is 129 Å². The van der Waals surface area contributed by atoms with Crippen LogP contribution >= 0.6 is 23.2 Å². The van der Waals surface area contributed by atoms with Gasteiger partial charge in [-0.05, 0) is 81.6 Å². The molecule has 0 unspecified atom stereocenters. The van der Waals surface area contributed by atoms with Gasteiger partial charge in [0.2, 0.25) is 0 Å². The summed E-state index contributed by atoms with van der Waals surface area (Å²) in [5, 5.41) is 27.3. The lowest BCUT2D eigenvalue weighted by Crippen LogP contribution is -2.46. The molecule has 0 spiro atoms. The van der Waals surface area contributed by atoms with Crippen molar-refractivity contribution in [3.63, 3.8) is 0 Å². The highest BCUT2D eigenvalue weighted by molar-refractivity contribution is 7.90. The average Bonchev–Trinajstić information content (AvgIpc) is 3.54. The Morgan fingerprint density at radius 1 is 1.04 bits per heavy atom. The lowest BCUT2D eigenvalue weighted by molar-refractivity contribution is 0.0866. The number of rotatable bonds is 8. The molecule has 6 rings (SSSR count). The van der Waals surface area contributed by atoms with Crippen molar-refractivity contribution in [3.8, 4) is 6.07 Å². The Labute approximate surface area is 294 Å². The molecule has 49 heavy (non-hydrogen) atoms. The number of likely N-dealkylation sites (tertiary alicyclic amines) is 1. The number of sulfone groups is 1. The second-order valence-electron chi connectivity index (χ2n) is 13.2. The van der Waals surface area contributed by atoms with Crippen molar-refractivity contribution in [2.75, 3.05) is 30.0 Å². The molecule has 1 fully saturated rings. The minimum absolute atomic E-state index is 0.108. The standard InChI is InChI=1S/C35H35Cl2FN8O2S/c1-35(2,3)45-13-11-26(12-14-45)46-20-30(43-44-46)33(21-5-7-23(36)8-6-21)42-29-16-24(37)15-27-32(22(18-39)19-40-34(27)29)41-25-9-10-28(38)31(17-25)49(4,47)48/h5-10,15-17,19-20,26,33,42H,11-14H2,1-4H3,(H,40,41)/t33-/m0/s1. The quantitative estimate of drug-likeness (QED) is 0.164. The first-order valence-electron chi connectivity index (χ1n) is 15.7. The van der Waals surface area contributed by atoms with Crippen molar-refractivity contribution in [2.45, 2.75) is 56.1 Å². The monoisotopic (exact) mass is 720 g/mol. The maximum absolute atomic E-state index is 14.4. The van der Waals surface area contributed by atoms with Crippen molar-refractivity contribution in [3.05, 3.63) is 99.7 Å². The fourth-order valence-corrected chi connectivity index (χ4v) is 7.26. The summed E-state index contributed by atoms with van der Waals surface area (Å²) in [4.78, 5) is 6.64. The zero-order valence-corrected chi connectivity index (χ0v) is 29.7. The fraction of sp³-hybridized carbons (Fsp3) is 0.314. The highest BCUT2D eigenvalue weighted by atomic mass is 35.5. The number of anilines is 3. The van der Waals surface area contributed by atoms with Crippen molar-refractivity contribution in [1.29, 1.82) is 5.26 Å². The number of fused-ring (bicyclic) bond motifs is 1. The van der Waals surface area contributed by atoms with Gasteiger partial charge in [-0.15, -0.1) is 5.10 Å². The molecule has 5 aromatic rings. The van der Waals surface area contributed by atoms with E-state index in [4.69, 9.17) is 23.2 Å². The number of nitriles is 1. The zero-order valence-electron chi connectivity index (χ0n) is 27.4. The Balaban J connectivity index is 1.39. The first-order valence-corrected chi connectivity index (χ1v) is 18.3. The van der Waals surface area contributed by atoms with E-state index in [2.05, 4.69) is 57.7 Å². The summed E-state index contributed by atoms with van der Waals surface area (Å²) in [6.45, 7) is 8.63. The predicted molar refractivity (Wildman–Crippen MR) is 191 cm³/mol. The van der Waals surface area contributed by atoms with E-state index in [1.807, 2.05) is 23.0 Å². The van der Waals surface area contributed by atoms with Crippen molar-refractivity contribution in [1.82, 2.24) is 24.9 Å². The molecule has 1 atom stereocenters. The molecule has 10 nitrogen and oxygen atoms in total. The molecule has 1 aliphatic heterocycles. The number of nitrogens with one attached hydrogen (secondary N) is 2. The van der Waals surface area contributed by atoms with Crippen molar-refractivity contribution >= 4 is 61.0 Å². The van der Waals surface area contributed by atoms with E-state index in [0.717, 1.165) is 43.8 Å². The zero-order chi connectivity index (χ0) is 35.1. The van der Waals surface area contributed by atoms with E-state index in [-0.39, 0.29) is 22.8 Å². The van der Waals surface area contributed by atoms with Crippen LogP contribution in [0.25, 0.3) is 10.9 Å². The molecular formula is C35H35Cl2FN8O2S. The Bertz CT molecular complexity index is 2170. The van der Waals surface area contributed by atoms with E-state index in [9.17, 15) is 18.1 Å². The third kappa shape index (κ3) is 7.50. The SMILES string of the molecule is CC(C)(C)N1CCC(n2cc([C@@H](Nc3cc(Cl)cc4c(Nc5ccc(F)c(S(C)(=O)=O)c5)c(C#N)cnc34)c3ccc(Cl)cc3)nn2)CC1. The van der Waals surface area contributed by atoms with Crippen LogP contribution in [0.1, 0.15) is 62.5 Å². The molecule has 254 valence electrons. The maximum atomic E-state index is 14.4. The highest BCUT2D eigenvalue weighted by Gasteiger charge is 2.29. The third-order valence-electron chi connectivity index (χ3n) is 8.77. The summed E-state index contributed by atoms with van der Waals surface area (Å²) >= 11 is 12.9. The second kappa shape index (κ2) is 13.6. The number of hydrogen-bond donors (Lipinski definition) is 2. The van der Waals surface area contributed by atoms with Gasteiger partial charge in [0.1, 0.15) is 22.5 Å². The number of aromatic nitrogens is 4.